The summed E-state index contributed by atoms with van der Waals surface area (Å²) < 4.78 is 39.4. The topological polar surface area (TPSA) is 73.7 Å². The molecule has 3 aromatic rings. The summed E-state index contributed by atoms with van der Waals surface area (Å²) in [6.07, 6.45) is 2.29. The van der Waals surface area contributed by atoms with E-state index >= 15 is 0 Å². The zero-order valence-corrected chi connectivity index (χ0v) is 17.2. The Labute approximate surface area is 176 Å². The van der Waals surface area contributed by atoms with Crippen LogP contribution >= 0.6 is 0 Å². The minimum atomic E-state index is -0.711. The molecular weight excluding hydrogens is 408 g/mol. The molecule has 0 spiro atoms. The van der Waals surface area contributed by atoms with Crippen LogP contribution in [0.15, 0.2) is 35.4 Å². The molecule has 0 radical (unpaired) electrons. The Balaban J connectivity index is 1.48. The third kappa shape index (κ3) is 3.83. The average molecular weight is 429 g/mol. The fourth-order valence-corrected chi connectivity index (χ4v) is 3.86. The van der Waals surface area contributed by atoms with Crippen molar-refractivity contribution < 1.29 is 23.0 Å². The highest BCUT2D eigenvalue weighted by Crippen LogP contribution is 2.32. The van der Waals surface area contributed by atoms with Gasteiger partial charge in [-0.15, -0.1) is 0 Å². The van der Waals surface area contributed by atoms with E-state index in [2.05, 4.69) is 4.98 Å². The molecule has 7 nitrogen and oxygen atoms in total. The number of rotatable bonds is 6. The molecule has 4 rings (SSSR count). The van der Waals surface area contributed by atoms with Crippen LogP contribution in [0.3, 0.4) is 0 Å². The average Bonchev–Trinajstić information content (AvgIpc) is 3.18. The van der Waals surface area contributed by atoms with Crippen LogP contribution in [0.4, 0.5) is 14.5 Å². The Morgan fingerprint density at radius 2 is 1.87 bits per heavy atom. The van der Waals surface area contributed by atoms with Gasteiger partial charge in [-0.3, -0.25) is 14.2 Å². The van der Waals surface area contributed by atoms with Gasteiger partial charge >= 0.3 is 0 Å². The highest BCUT2D eigenvalue weighted by atomic mass is 19.1. The summed E-state index contributed by atoms with van der Waals surface area (Å²) in [5.74, 6) is -0.682. The standard InChI is InChI=1S/C22H21F2N3O4/c1-30-19-10-15-17(11-20(19)31-2)25-12-26(22(15)29)6-3-4-21(28)27-7-5-14-16(24)8-13(23)9-18(14)27/h8-12H,3-7H2,1-2H3. The first-order valence-electron chi connectivity index (χ1n) is 9.82. The quantitative estimate of drug-likeness (QED) is 0.602. The number of amides is 1. The molecule has 0 saturated carbocycles. The van der Waals surface area contributed by atoms with E-state index in [-0.39, 0.29) is 30.1 Å². The van der Waals surface area contributed by atoms with Crippen LogP contribution in [0.25, 0.3) is 10.9 Å². The molecule has 0 atom stereocenters. The largest absolute Gasteiger partial charge is 0.493 e. The maximum absolute atomic E-state index is 13.9. The molecular formula is C22H21F2N3O4. The molecule has 1 amide bonds. The second kappa shape index (κ2) is 8.33. The van der Waals surface area contributed by atoms with Crippen molar-refractivity contribution in [3.63, 3.8) is 0 Å². The molecule has 0 unspecified atom stereocenters. The molecule has 2 heterocycles. The molecule has 1 aliphatic heterocycles. The number of halogens is 2. The van der Waals surface area contributed by atoms with Gasteiger partial charge in [0, 0.05) is 37.2 Å². The fourth-order valence-electron chi connectivity index (χ4n) is 3.86. The fraction of sp³-hybridized carbons (Fsp3) is 0.318. The first kappa shape index (κ1) is 20.8. The number of carbonyl (C=O) groups is 1. The maximum Gasteiger partial charge on any atom is 0.261 e. The number of nitrogens with zero attached hydrogens (tertiary/aromatic N) is 3. The lowest BCUT2D eigenvalue weighted by molar-refractivity contribution is -0.118. The van der Waals surface area contributed by atoms with E-state index in [1.807, 2.05) is 0 Å². The molecule has 162 valence electrons. The van der Waals surface area contributed by atoms with Crippen LogP contribution in [-0.4, -0.2) is 36.2 Å². The first-order chi connectivity index (χ1) is 14.9. The molecule has 1 aliphatic rings. The smallest absolute Gasteiger partial charge is 0.261 e. The van der Waals surface area contributed by atoms with Crippen LogP contribution in [0.2, 0.25) is 0 Å². The number of aryl methyl sites for hydroxylation is 1. The number of carbonyl (C=O) groups excluding carboxylic acids is 1. The van der Waals surface area contributed by atoms with Gasteiger partial charge in [-0.1, -0.05) is 0 Å². The summed E-state index contributed by atoms with van der Waals surface area (Å²) in [5.41, 5.74) is 0.865. The summed E-state index contributed by atoms with van der Waals surface area (Å²) in [5, 5.41) is 0.380. The summed E-state index contributed by atoms with van der Waals surface area (Å²) in [4.78, 5) is 31.1. The lowest BCUT2D eigenvalue weighted by Gasteiger charge is -2.17. The zero-order valence-electron chi connectivity index (χ0n) is 17.2. The van der Waals surface area contributed by atoms with Crippen LogP contribution < -0.4 is 19.9 Å². The Kier molecular flexibility index (Phi) is 5.58. The predicted molar refractivity (Wildman–Crippen MR) is 111 cm³/mol. The summed E-state index contributed by atoms with van der Waals surface area (Å²) in [6, 6.07) is 5.22. The van der Waals surface area contributed by atoms with E-state index in [0.29, 0.717) is 47.4 Å². The number of anilines is 1. The molecule has 0 aliphatic carbocycles. The Hall–Kier alpha value is -3.49. The third-order valence-corrected chi connectivity index (χ3v) is 5.43. The molecule has 31 heavy (non-hydrogen) atoms. The number of hydrogen-bond acceptors (Lipinski definition) is 5. The number of methoxy groups -OCH3 is 2. The number of benzene rings is 2. The molecule has 0 bridgehead atoms. The van der Waals surface area contributed by atoms with Crippen LogP contribution in [0.1, 0.15) is 18.4 Å². The van der Waals surface area contributed by atoms with E-state index in [1.165, 1.54) is 36.1 Å². The second-order valence-corrected chi connectivity index (χ2v) is 7.25. The van der Waals surface area contributed by atoms with Crippen molar-refractivity contribution in [2.75, 3.05) is 25.7 Å². The van der Waals surface area contributed by atoms with Crippen molar-refractivity contribution in [3.05, 3.63) is 58.1 Å². The van der Waals surface area contributed by atoms with Gasteiger partial charge in [0.25, 0.3) is 5.56 Å². The van der Waals surface area contributed by atoms with Gasteiger partial charge in [-0.2, -0.15) is 0 Å². The van der Waals surface area contributed by atoms with E-state index in [9.17, 15) is 18.4 Å². The van der Waals surface area contributed by atoms with Crippen molar-refractivity contribution in [2.45, 2.75) is 25.8 Å². The lowest BCUT2D eigenvalue weighted by Crippen LogP contribution is -2.29. The van der Waals surface area contributed by atoms with Crippen LogP contribution in [-0.2, 0) is 17.8 Å². The van der Waals surface area contributed by atoms with E-state index in [4.69, 9.17) is 9.47 Å². The first-order valence-corrected chi connectivity index (χ1v) is 9.82. The Morgan fingerprint density at radius 3 is 2.61 bits per heavy atom. The molecule has 0 N–H and O–H groups in total. The van der Waals surface area contributed by atoms with Crippen molar-refractivity contribution in [2.24, 2.45) is 0 Å². The van der Waals surface area contributed by atoms with Crippen LogP contribution in [0, 0.1) is 11.6 Å². The highest BCUT2D eigenvalue weighted by Gasteiger charge is 2.27. The number of aromatic nitrogens is 2. The van der Waals surface area contributed by atoms with Gasteiger partial charge in [-0.05, 0) is 25.0 Å². The van der Waals surface area contributed by atoms with Gasteiger partial charge in [-0.25, -0.2) is 13.8 Å². The molecule has 2 aromatic carbocycles. The van der Waals surface area contributed by atoms with Gasteiger partial charge in [0.05, 0.1) is 37.1 Å². The van der Waals surface area contributed by atoms with Gasteiger partial charge < -0.3 is 14.4 Å². The minimum Gasteiger partial charge on any atom is -0.493 e. The predicted octanol–water partition coefficient (Wildman–Crippen LogP) is 3.06. The molecule has 9 heteroatoms. The van der Waals surface area contributed by atoms with Crippen molar-refractivity contribution in [1.29, 1.82) is 0 Å². The van der Waals surface area contributed by atoms with Gasteiger partial charge in [0.15, 0.2) is 11.5 Å². The van der Waals surface area contributed by atoms with Gasteiger partial charge in [0.1, 0.15) is 11.6 Å². The lowest BCUT2D eigenvalue weighted by atomic mass is 10.1. The summed E-state index contributed by atoms with van der Waals surface area (Å²) in [6.45, 7) is 0.591. The summed E-state index contributed by atoms with van der Waals surface area (Å²) >= 11 is 0. The van der Waals surface area contributed by atoms with Crippen LogP contribution in [0.5, 0.6) is 11.5 Å². The highest BCUT2D eigenvalue weighted by molar-refractivity contribution is 5.95. The van der Waals surface area contributed by atoms with E-state index < -0.39 is 11.6 Å². The maximum atomic E-state index is 13.9. The Morgan fingerprint density at radius 1 is 1.13 bits per heavy atom. The van der Waals surface area contributed by atoms with Crippen molar-refractivity contribution in [3.8, 4) is 11.5 Å². The zero-order chi connectivity index (χ0) is 22.1. The molecule has 0 saturated heterocycles. The number of hydrogen-bond donors (Lipinski definition) is 0. The van der Waals surface area contributed by atoms with Gasteiger partial charge in [0.2, 0.25) is 5.91 Å². The third-order valence-electron chi connectivity index (χ3n) is 5.43. The number of ether oxygens (including phenoxy) is 2. The molecule has 0 fully saturated rings. The molecule has 1 aromatic heterocycles. The van der Waals surface area contributed by atoms with Crippen molar-refractivity contribution in [1.82, 2.24) is 9.55 Å². The number of fused-ring (bicyclic) bond motifs is 2. The monoisotopic (exact) mass is 429 g/mol. The Bertz CT molecular complexity index is 1230. The summed E-state index contributed by atoms with van der Waals surface area (Å²) in [7, 11) is 2.99. The minimum absolute atomic E-state index is 0.133. The SMILES string of the molecule is COc1cc2ncn(CCCC(=O)N3CCc4c(F)cc(F)cc43)c(=O)c2cc1OC. The van der Waals surface area contributed by atoms with Crippen molar-refractivity contribution >= 4 is 22.5 Å². The second-order valence-electron chi connectivity index (χ2n) is 7.25. The van der Waals surface area contributed by atoms with E-state index in [0.717, 1.165) is 6.07 Å². The normalized spacial score (nSPS) is 12.8. The van der Waals surface area contributed by atoms with E-state index in [1.54, 1.807) is 12.1 Å².